The van der Waals surface area contributed by atoms with Gasteiger partial charge in [-0.3, -0.25) is 0 Å². The van der Waals surface area contributed by atoms with Crippen molar-refractivity contribution in [3.8, 4) is 0 Å². The van der Waals surface area contributed by atoms with E-state index in [1.807, 2.05) is 6.92 Å². The Morgan fingerprint density at radius 3 is 2.42 bits per heavy atom. The molecule has 1 saturated heterocycles. The van der Waals surface area contributed by atoms with E-state index in [9.17, 15) is 0 Å². The van der Waals surface area contributed by atoms with E-state index < -0.39 is 0 Å². The second kappa shape index (κ2) is 6.25. The van der Waals surface area contributed by atoms with Crippen LogP contribution in [-0.2, 0) is 0 Å². The molecule has 3 nitrogen and oxygen atoms in total. The Labute approximate surface area is 124 Å². The van der Waals surface area contributed by atoms with Gasteiger partial charge in [-0.1, -0.05) is 6.07 Å². The summed E-state index contributed by atoms with van der Waals surface area (Å²) in [6.45, 7) is 4.27. The summed E-state index contributed by atoms with van der Waals surface area (Å²) in [5, 5.41) is 0. The van der Waals surface area contributed by atoms with Crippen molar-refractivity contribution in [2.75, 3.05) is 32.1 Å². The molecule has 1 fully saturated rings. The number of hydrogen-bond donors (Lipinski definition) is 1. The van der Waals surface area contributed by atoms with Crippen LogP contribution in [0.4, 0.5) is 5.69 Å². The first-order valence-electron chi connectivity index (χ1n) is 6.95. The number of halogens is 1. The highest BCUT2D eigenvalue weighted by atomic mass is 79.9. The van der Waals surface area contributed by atoms with Crippen LogP contribution in [0.1, 0.15) is 31.4 Å². The molecule has 0 unspecified atom stereocenters. The summed E-state index contributed by atoms with van der Waals surface area (Å²) in [6, 6.07) is 7.29. The molecule has 1 atom stereocenters. The Morgan fingerprint density at radius 1 is 1.32 bits per heavy atom. The molecule has 2 rings (SSSR count). The fourth-order valence-corrected chi connectivity index (χ4v) is 3.33. The number of hydrogen-bond acceptors (Lipinski definition) is 3. The van der Waals surface area contributed by atoms with E-state index >= 15 is 0 Å². The van der Waals surface area contributed by atoms with Gasteiger partial charge in [-0.25, -0.2) is 0 Å². The SMILES string of the molecule is C[C@@H](N)c1ccc(N2CCC(N(C)C)CC2)c(Br)c1. The van der Waals surface area contributed by atoms with Crippen LogP contribution in [0.25, 0.3) is 0 Å². The van der Waals surface area contributed by atoms with E-state index in [4.69, 9.17) is 5.73 Å². The van der Waals surface area contributed by atoms with Crippen molar-refractivity contribution >= 4 is 21.6 Å². The minimum absolute atomic E-state index is 0.0878. The first kappa shape index (κ1) is 14.8. The maximum Gasteiger partial charge on any atom is 0.0510 e. The highest BCUT2D eigenvalue weighted by Gasteiger charge is 2.22. The second-order valence-electron chi connectivity index (χ2n) is 5.68. The molecular weight excluding hydrogens is 302 g/mol. The van der Waals surface area contributed by atoms with Crippen molar-refractivity contribution in [2.45, 2.75) is 31.8 Å². The summed E-state index contributed by atoms with van der Waals surface area (Å²) in [7, 11) is 4.35. The van der Waals surface area contributed by atoms with Gasteiger partial charge in [0.15, 0.2) is 0 Å². The molecule has 0 radical (unpaired) electrons. The highest BCUT2D eigenvalue weighted by molar-refractivity contribution is 9.10. The topological polar surface area (TPSA) is 32.5 Å². The molecule has 0 aliphatic carbocycles. The maximum absolute atomic E-state index is 5.92. The van der Waals surface area contributed by atoms with Crippen LogP contribution in [0.5, 0.6) is 0 Å². The monoisotopic (exact) mass is 325 g/mol. The first-order valence-corrected chi connectivity index (χ1v) is 7.74. The van der Waals surface area contributed by atoms with Crippen molar-refractivity contribution < 1.29 is 0 Å². The lowest BCUT2D eigenvalue weighted by molar-refractivity contribution is 0.249. The van der Waals surface area contributed by atoms with Gasteiger partial charge in [0, 0.05) is 29.6 Å². The van der Waals surface area contributed by atoms with Gasteiger partial charge in [-0.2, -0.15) is 0 Å². The molecule has 1 aromatic rings. The molecule has 106 valence electrons. The predicted molar refractivity (Wildman–Crippen MR) is 85.7 cm³/mol. The first-order chi connectivity index (χ1) is 8.99. The van der Waals surface area contributed by atoms with Crippen molar-refractivity contribution in [3.63, 3.8) is 0 Å². The van der Waals surface area contributed by atoms with E-state index in [0.29, 0.717) is 0 Å². The van der Waals surface area contributed by atoms with E-state index in [1.54, 1.807) is 0 Å². The Morgan fingerprint density at radius 2 is 1.95 bits per heavy atom. The summed E-state index contributed by atoms with van der Waals surface area (Å²) in [6.07, 6.45) is 2.46. The zero-order valence-electron chi connectivity index (χ0n) is 12.1. The number of anilines is 1. The largest absolute Gasteiger partial charge is 0.371 e. The number of benzene rings is 1. The Hall–Kier alpha value is -0.580. The molecule has 2 N–H and O–H groups in total. The van der Waals surface area contributed by atoms with Gasteiger partial charge in [0.05, 0.1) is 5.69 Å². The summed E-state index contributed by atoms with van der Waals surface area (Å²) < 4.78 is 1.16. The molecule has 1 aliphatic rings. The molecule has 0 aromatic heterocycles. The normalized spacial score (nSPS) is 18.9. The van der Waals surface area contributed by atoms with Crippen molar-refractivity contribution in [2.24, 2.45) is 5.73 Å². The van der Waals surface area contributed by atoms with Gasteiger partial charge in [0.1, 0.15) is 0 Å². The van der Waals surface area contributed by atoms with Crippen molar-refractivity contribution in [1.29, 1.82) is 0 Å². The molecule has 1 aromatic carbocycles. The maximum atomic E-state index is 5.92. The Bertz CT molecular complexity index is 423. The fraction of sp³-hybridized carbons (Fsp3) is 0.600. The Balaban J connectivity index is 2.07. The molecule has 0 spiro atoms. The fourth-order valence-electron chi connectivity index (χ4n) is 2.69. The number of piperidine rings is 1. The smallest absolute Gasteiger partial charge is 0.0510 e. The molecular formula is C15H24BrN3. The third-order valence-corrected chi connectivity index (χ3v) is 4.67. The summed E-state index contributed by atoms with van der Waals surface area (Å²) in [4.78, 5) is 4.81. The minimum atomic E-state index is 0.0878. The van der Waals surface area contributed by atoms with Gasteiger partial charge < -0.3 is 15.5 Å². The van der Waals surface area contributed by atoms with E-state index in [2.05, 4.69) is 58.0 Å². The minimum Gasteiger partial charge on any atom is -0.371 e. The van der Waals surface area contributed by atoms with Gasteiger partial charge >= 0.3 is 0 Å². The van der Waals surface area contributed by atoms with Crippen LogP contribution in [0.2, 0.25) is 0 Å². The highest BCUT2D eigenvalue weighted by Crippen LogP contribution is 2.31. The predicted octanol–water partition coefficient (Wildman–Crippen LogP) is 3.00. The average molecular weight is 326 g/mol. The Kier molecular flexibility index (Phi) is 4.87. The van der Waals surface area contributed by atoms with Gasteiger partial charge in [0.25, 0.3) is 0 Å². The molecule has 0 saturated carbocycles. The summed E-state index contributed by atoms with van der Waals surface area (Å²) >= 11 is 3.69. The number of nitrogens with two attached hydrogens (primary N) is 1. The average Bonchev–Trinajstić information content (AvgIpc) is 2.38. The lowest BCUT2D eigenvalue weighted by Gasteiger charge is -2.37. The molecule has 0 bridgehead atoms. The lowest BCUT2D eigenvalue weighted by Crippen LogP contribution is -2.42. The third kappa shape index (κ3) is 3.50. The molecule has 19 heavy (non-hydrogen) atoms. The lowest BCUT2D eigenvalue weighted by atomic mass is 10.0. The van der Waals surface area contributed by atoms with Crippen LogP contribution >= 0.6 is 15.9 Å². The van der Waals surface area contributed by atoms with Crippen molar-refractivity contribution in [1.82, 2.24) is 4.90 Å². The van der Waals surface area contributed by atoms with Crippen LogP contribution in [0, 0.1) is 0 Å². The zero-order valence-corrected chi connectivity index (χ0v) is 13.7. The van der Waals surface area contributed by atoms with E-state index in [0.717, 1.165) is 23.6 Å². The zero-order chi connectivity index (χ0) is 14.0. The quantitative estimate of drug-likeness (QED) is 0.927. The standard InChI is InChI=1S/C15H24BrN3/c1-11(17)12-4-5-15(14(16)10-12)19-8-6-13(7-9-19)18(2)3/h4-5,10-11,13H,6-9,17H2,1-3H3/t11-/m1/s1. The molecule has 1 heterocycles. The van der Waals surface area contributed by atoms with Gasteiger partial charge in [-0.15, -0.1) is 0 Å². The molecule has 1 aliphatic heterocycles. The second-order valence-corrected chi connectivity index (χ2v) is 6.54. The number of rotatable bonds is 3. The van der Waals surface area contributed by atoms with Crippen LogP contribution in [-0.4, -0.2) is 38.1 Å². The van der Waals surface area contributed by atoms with E-state index in [1.165, 1.54) is 24.1 Å². The van der Waals surface area contributed by atoms with Crippen LogP contribution in [0.3, 0.4) is 0 Å². The molecule has 4 heteroatoms. The summed E-state index contributed by atoms with van der Waals surface area (Å²) in [5.74, 6) is 0. The third-order valence-electron chi connectivity index (χ3n) is 4.03. The molecule has 0 amide bonds. The number of nitrogens with zero attached hydrogens (tertiary/aromatic N) is 2. The van der Waals surface area contributed by atoms with E-state index in [-0.39, 0.29) is 6.04 Å². The van der Waals surface area contributed by atoms with Crippen LogP contribution < -0.4 is 10.6 Å². The summed E-state index contributed by atoms with van der Waals surface area (Å²) in [5.41, 5.74) is 8.40. The van der Waals surface area contributed by atoms with Crippen LogP contribution in [0.15, 0.2) is 22.7 Å². The van der Waals surface area contributed by atoms with Gasteiger partial charge in [-0.05, 0) is 67.5 Å². The van der Waals surface area contributed by atoms with Crippen molar-refractivity contribution in [3.05, 3.63) is 28.2 Å². The van der Waals surface area contributed by atoms with Gasteiger partial charge in [0.2, 0.25) is 0 Å².